The van der Waals surface area contributed by atoms with Crippen LogP contribution in [-0.2, 0) is 10.9 Å². The van der Waals surface area contributed by atoms with Crippen LogP contribution in [0.15, 0.2) is 55.0 Å². The summed E-state index contributed by atoms with van der Waals surface area (Å²) < 4.78 is 46.2. The molecular weight excluding hydrogens is 539 g/mol. The highest BCUT2D eigenvalue weighted by Crippen LogP contribution is 2.35. The van der Waals surface area contributed by atoms with Crippen molar-refractivity contribution in [2.45, 2.75) is 44.8 Å². The van der Waals surface area contributed by atoms with Crippen molar-refractivity contribution in [2.75, 3.05) is 24.2 Å². The second-order valence-electron chi connectivity index (χ2n) is 9.78. The summed E-state index contributed by atoms with van der Waals surface area (Å²) in [6, 6.07) is 8.09. The van der Waals surface area contributed by atoms with Crippen molar-refractivity contribution in [3.05, 3.63) is 71.9 Å². The van der Waals surface area contributed by atoms with E-state index in [-0.39, 0.29) is 41.9 Å². The molecular formula is C28H28F3N7O3. The van der Waals surface area contributed by atoms with Crippen LogP contribution < -0.4 is 11.1 Å². The van der Waals surface area contributed by atoms with E-state index in [9.17, 15) is 22.8 Å². The maximum absolute atomic E-state index is 13.0. The number of nitrogens with two attached hydrogens (primary N) is 1. The SMILES string of the molecule is CCOC(=O)N1C[C@H](c2nc(-c3ccc(C(=O)Nc4cc(C(F)(F)F)ccn4)cc3)c3c(N)nccn23)CC[C@H]1C. The predicted molar refractivity (Wildman–Crippen MR) is 145 cm³/mol. The zero-order valence-electron chi connectivity index (χ0n) is 22.4. The van der Waals surface area contributed by atoms with Gasteiger partial charge in [0.15, 0.2) is 0 Å². The first kappa shape index (κ1) is 27.9. The number of hydrogen-bond donors (Lipinski definition) is 2. The van der Waals surface area contributed by atoms with E-state index in [4.69, 9.17) is 15.5 Å². The number of benzene rings is 1. The Labute approximate surface area is 233 Å². The zero-order valence-corrected chi connectivity index (χ0v) is 22.4. The largest absolute Gasteiger partial charge is 0.450 e. The quantitative estimate of drug-likeness (QED) is 0.332. The minimum atomic E-state index is -4.56. The monoisotopic (exact) mass is 567 g/mol. The number of nitrogens with zero attached hydrogens (tertiary/aromatic N) is 5. The molecule has 4 aromatic rings. The Hall–Kier alpha value is -4.68. The number of alkyl halides is 3. The highest BCUT2D eigenvalue weighted by molar-refractivity contribution is 6.04. The summed E-state index contributed by atoms with van der Waals surface area (Å²) in [4.78, 5) is 40.0. The molecule has 41 heavy (non-hydrogen) atoms. The molecule has 0 aliphatic carbocycles. The number of nitrogen functional groups attached to an aromatic ring is 1. The molecule has 1 saturated heterocycles. The van der Waals surface area contributed by atoms with E-state index < -0.39 is 17.6 Å². The minimum absolute atomic E-state index is 0.0348. The van der Waals surface area contributed by atoms with Crippen LogP contribution in [0.2, 0.25) is 0 Å². The van der Waals surface area contributed by atoms with Crippen LogP contribution in [0.1, 0.15) is 54.4 Å². The van der Waals surface area contributed by atoms with Crippen molar-refractivity contribution >= 4 is 29.2 Å². The molecule has 1 aliphatic rings. The van der Waals surface area contributed by atoms with Gasteiger partial charge >= 0.3 is 12.3 Å². The van der Waals surface area contributed by atoms with Crippen molar-refractivity contribution in [2.24, 2.45) is 0 Å². The molecule has 5 rings (SSSR count). The van der Waals surface area contributed by atoms with E-state index >= 15 is 0 Å². The zero-order chi connectivity index (χ0) is 29.3. The molecule has 0 radical (unpaired) electrons. The van der Waals surface area contributed by atoms with Crippen LogP contribution in [0.3, 0.4) is 0 Å². The summed E-state index contributed by atoms with van der Waals surface area (Å²) >= 11 is 0. The van der Waals surface area contributed by atoms with Crippen LogP contribution in [0.4, 0.5) is 29.6 Å². The molecule has 2 amide bonds. The molecule has 0 bridgehead atoms. The van der Waals surface area contributed by atoms with E-state index in [0.29, 0.717) is 23.3 Å². The lowest BCUT2D eigenvalue weighted by Gasteiger charge is -2.36. The van der Waals surface area contributed by atoms with Gasteiger partial charge in [0.25, 0.3) is 5.91 Å². The van der Waals surface area contributed by atoms with Crippen LogP contribution >= 0.6 is 0 Å². The number of rotatable bonds is 5. The molecule has 2 atom stereocenters. The average Bonchev–Trinajstić information content (AvgIpc) is 3.34. The number of hydrogen-bond acceptors (Lipinski definition) is 7. The normalized spacial score (nSPS) is 17.4. The molecule has 10 nitrogen and oxygen atoms in total. The molecule has 214 valence electrons. The lowest BCUT2D eigenvalue weighted by atomic mass is 9.93. The van der Waals surface area contributed by atoms with Crippen LogP contribution in [-0.4, -0.2) is 55.4 Å². The fourth-order valence-electron chi connectivity index (χ4n) is 5.00. The van der Waals surface area contributed by atoms with Crippen LogP contribution in [0, 0.1) is 0 Å². The maximum Gasteiger partial charge on any atom is 0.416 e. The Balaban J connectivity index is 1.42. The van der Waals surface area contributed by atoms with E-state index in [2.05, 4.69) is 15.3 Å². The van der Waals surface area contributed by atoms with Gasteiger partial charge in [0.1, 0.15) is 28.7 Å². The summed E-state index contributed by atoms with van der Waals surface area (Å²) in [6.45, 7) is 4.48. The predicted octanol–water partition coefficient (Wildman–Crippen LogP) is 5.37. The molecule has 3 N–H and O–H groups in total. The van der Waals surface area contributed by atoms with Gasteiger partial charge in [-0.05, 0) is 51.0 Å². The highest BCUT2D eigenvalue weighted by Gasteiger charge is 2.34. The third-order valence-corrected chi connectivity index (χ3v) is 7.11. The standard InChI is InChI=1S/C28H28F3N7O3/c1-3-41-27(40)38-15-19(5-4-16(38)2)25-36-22(23-24(32)34-12-13-37(23)25)17-6-8-18(9-7-17)26(39)35-21-14-20(10-11-33-21)28(29,30)31/h6-14,16,19H,3-5,15H2,1-2H3,(H2,32,34)(H,33,35,39)/t16-,19-/m1/s1. The maximum atomic E-state index is 13.0. The third kappa shape index (κ3) is 5.65. The molecule has 1 aliphatic heterocycles. The molecule has 4 heterocycles. The van der Waals surface area contributed by atoms with Gasteiger partial charge in [0, 0.05) is 48.2 Å². The number of amides is 2. The molecule has 1 aromatic carbocycles. The van der Waals surface area contributed by atoms with Gasteiger partial charge in [-0.2, -0.15) is 13.2 Å². The summed E-state index contributed by atoms with van der Waals surface area (Å²) in [7, 11) is 0. The number of aromatic nitrogens is 4. The van der Waals surface area contributed by atoms with Crippen LogP contribution in [0.25, 0.3) is 16.8 Å². The molecule has 0 saturated carbocycles. The first-order valence-corrected chi connectivity index (χ1v) is 13.1. The highest BCUT2D eigenvalue weighted by atomic mass is 19.4. The van der Waals surface area contributed by atoms with Gasteiger partial charge in [-0.3, -0.25) is 9.20 Å². The smallest absolute Gasteiger partial charge is 0.416 e. The number of fused-ring (bicyclic) bond motifs is 1. The van der Waals surface area contributed by atoms with Gasteiger partial charge in [0.2, 0.25) is 0 Å². The minimum Gasteiger partial charge on any atom is -0.450 e. The second kappa shape index (κ2) is 11.1. The van der Waals surface area contributed by atoms with Crippen molar-refractivity contribution in [3.63, 3.8) is 0 Å². The molecule has 1 fully saturated rings. The molecule has 13 heteroatoms. The second-order valence-corrected chi connectivity index (χ2v) is 9.78. The third-order valence-electron chi connectivity index (χ3n) is 7.11. The van der Waals surface area contributed by atoms with Gasteiger partial charge in [-0.1, -0.05) is 12.1 Å². The number of nitrogens with one attached hydrogen (secondary N) is 1. The number of anilines is 2. The number of ether oxygens (including phenoxy) is 1. The summed E-state index contributed by atoms with van der Waals surface area (Å²) in [5, 5.41) is 2.40. The lowest BCUT2D eigenvalue weighted by molar-refractivity contribution is -0.137. The lowest BCUT2D eigenvalue weighted by Crippen LogP contribution is -2.45. The topological polar surface area (TPSA) is 128 Å². The average molecular weight is 568 g/mol. The number of pyridine rings is 1. The van der Waals surface area contributed by atoms with Crippen molar-refractivity contribution in [1.82, 2.24) is 24.3 Å². The Morgan fingerprint density at radius 2 is 1.88 bits per heavy atom. The van der Waals surface area contributed by atoms with Crippen molar-refractivity contribution < 1.29 is 27.5 Å². The number of likely N-dealkylation sites (tertiary alicyclic amines) is 1. The Morgan fingerprint density at radius 1 is 1.12 bits per heavy atom. The first-order valence-electron chi connectivity index (χ1n) is 13.1. The number of carbonyl (C=O) groups is 2. The molecule has 0 spiro atoms. The van der Waals surface area contributed by atoms with E-state index in [0.717, 1.165) is 37.0 Å². The van der Waals surface area contributed by atoms with Gasteiger partial charge in [-0.15, -0.1) is 0 Å². The fraction of sp³-hybridized carbons (Fsp3) is 0.321. The van der Waals surface area contributed by atoms with Gasteiger partial charge in [-0.25, -0.2) is 19.7 Å². The van der Waals surface area contributed by atoms with Gasteiger partial charge < -0.3 is 20.7 Å². The van der Waals surface area contributed by atoms with E-state index in [1.54, 1.807) is 48.5 Å². The Bertz CT molecular complexity index is 1590. The summed E-state index contributed by atoms with van der Waals surface area (Å²) in [6.07, 6.45) is 1.01. The van der Waals surface area contributed by atoms with Gasteiger partial charge in [0.05, 0.1) is 12.2 Å². The first-order chi connectivity index (χ1) is 19.6. The van der Waals surface area contributed by atoms with E-state index in [1.807, 2.05) is 11.3 Å². The fourth-order valence-corrected chi connectivity index (χ4v) is 5.00. The summed E-state index contributed by atoms with van der Waals surface area (Å²) in [5.74, 6) is 0.0861. The molecule has 0 unspecified atom stereocenters. The van der Waals surface area contributed by atoms with Crippen molar-refractivity contribution in [3.8, 4) is 11.3 Å². The number of imidazole rings is 1. The van der Waals surface area contributed by atoms with E-state index in [1.165, 1.54) is 0 Å². The van der Waals surface area contributed by atoms with Crippen LogP contribution in [0.5, 0.6) is 0 Å². The number of halogens is 3. The van der Waals surface area contributed by atoms with Crippen molar-refractivity contribution in [1.29, 1.82) is 0 Å². The number of piperidine rings is 1. The molecule has 3 aromatic heterocycles. The summed E-state index contributed by atoms with van der Waals surface area (Å²) in [5.41, 5.74) is 7.38. The Kier molecular flexibility index (Phi) is 7.52. The Morgan fingerprint density at radius 3 is 2.59 bits per heavy atom. The number of carbonyl (C=O) groups excluding carboxylic acids is 2.